The molecule has 2 aromatic rings. The van der Waals surface area contributed by atoms with Gasteiger partial charge in [-0.05, 0) is 37.8 Å². The van der Waals surface area contributed by atoms with Gasteiger partial charge in [-0.15, -0.1) is 0 Å². The highest BCUT2D eigenvalue weighted by atomic mass is 16.2. The maximum absolute atomic E-state index is 12.4. The minimum Gasteiger partial charge on any atom is -0.348 e. The third kappa shape index (κ3) is 2.84. The van der Waals surface area contributed by atoms with E-state index < -0.39 is 0 Å². The molecule has 0 spiro atoms. The highest BCUT2D eigenvalue weighted by Crippen LogP contribution is 2.47. The Morgan fingerprint density at radius 3 is 2.86 bits per heavy atom. The number of benzene rings is 1. The van der Waals surface area contributed by atoms with Gasteiger partial charge in [-0.25, -0.2) is 0 Å². The van der Waals surface area contributed by atoms with Crippen LogP contribution in [0.25, 0.3) is 0 Å². The first-order valence-corrected chi connectivity index (χ1v) is 7.57. The van der Waals surface area contributed by atoms with Crippen LogP contribution in [0.2, 0.25) is 0 Å². The first kappa shape index (κ1) is 13.9. The second-order valence-electron chi connectivity index (χ2n) is 5.66. The Labute approximate surface area is 125 Å². The molecule has 1 fully saturated rings. The van der Waals surface area contributed by atoms with E-state index in [0.717, 1.165) is 18.7 Å². The molecule has 3 unspecified atom stereocenters. The van der Waals surface area contributed by atoms with E-state index in [9.17, 15) is 4.79 Å². The predicted molar refractivity (Wildman–Crippen MR) is 81.7 cm³/mol. The number of aryl methyl sites for hydroxylation is 1. The highest BCUT2D eigenvalue weighted by Gasteiger charge is 2.44. The van der Waals surface area contributed by atoms with E-state index in [1.165, 1.54) is 5.56 Å². The van der Waals surface area contributed by atoms with Crippen molar-refractivity contribution >= 4 is 5.91 Å². The van der Waals surface area contributed by atoms with Gasteiger partial charge >= 0.3 is 0 Å². The van der Waals surface area contributed by atoms with Crippen molar-refractivity contribution in [2.24, 2.45) is 5.92 Å². The van der Waals surface area contributed by atoms with E-state index >= 15 is 0 Å². The summed E-state index contributed by atoms with van der Waals surface area (Å²) in [6, 6.07) is 12.2. The monoisotopic (exact) mass is 283 g/mol. The van der Waals surface area contributed by atoms with Crippen LogP contribution in [-0.4, -0.2) is 15.7 Å². The van der Waals surface area contributed by atoms with Gasteiger partial charge in [0.05, 0.1) is 11.7 Å². The Morgan fingerprint density at radius 1 is 1.38 bits per heavy atom. The van der Waals surface area contributed by atoms with E-state index in [4.69, 9.17) is 0 Å². The fraction of sp³-hybridized carbons (Fsp3) is 0.412. The van der Waals surface area contributed by atoms with E-state index in [2.05, 4.69) is 29.5 Å². The molecule has 1 amide bonds. The van der Waals surface area contributed by atoms with Gasteiger partial charge in [-0.1, -0.05) is 30.3 Å². The Balaban J connectivity index is 1.61. The molecule has 1 saturated carbocycles. The topological polar surface area (TPSA) is 46.9 Å². The fourth-order valence-corrected chi connectivity index (χ4v) is 2.92. The third-order valence-electron chi connectivity index (χ3n) is 4.21. The smallest absolute Gasteiger partial charge is 0.224 e. The lowest BCUT2D eigenvalue weighted by molar-refractivity contribution is -0.123. The maximum Gasteiger partial charge on any atom is 0.224 e. The predicted octanol–water partition coefficient (Wildman–Crippen LogP) is 2.88. The summed E-state index contributed by atoms with van der Waals surface area (Å²) in [5, 5.41) is 7.37. The molecule has 1 aliphatic carbocycles. The number of amides is 1. The minimum absolute atomic E-state index is 0.00280. The Kier molecular flexibility index (Phi) is 3.78. The standard InChI is InChI=1S/C17H21N3O/c1-3-20-16(9-10-18-20)12(2)19-17(21)15-11-14(15)13-7-5-4-6-8-13/h4-10,12,14-15H,3,11H2,1-2H3,(H,19,21). The van der Waals surface area contributed by atoms with Crippen LogP contribution < -0.4 is 5.32 Å². The van der Waals surface area contributed by atoms with Crippen LogP contribution in [0.3, 0.4) is 0 Å². The van der Waals surface area contributed by atoms with Gasteiger partial charge in [0, 0.05) is 18.7 Å². The molecule has 4 heteroatoms. The minimum atomic E-state index is -0.00280. The molecular formula is C17H21N3O. The van der Waals surface area contributed by atoms with Crippen molar-refractivity contribution in [3.8, 4) is 0 Å². The summed E-state index contributed by atoms with van der Waals surface area (Å²) in [5.74, 6) is 0.655. The van der Waals surface area contributed by atoms with Gasteiger partial charge in [0.15, 0.2) is 0 Å². The number of nitrogens with one attached hydrogen (secondary N) is 1. The molecule has 1 aromatic heterocycles. The molecule has 0 aliphatic heterocycles. The van der Waals surface area contributed by atoms with Crippen LogP contribution in [0, 0.1) is 5.92 Å². The zero-order chi connectivity index (χ0) is 14.8. The van der Waals surface area contributed by atoms with Crippen LogP contribution in [0.4, 0.5) is 0 Å². The molecular weight excluding hydrogens is 262 g/mol. The molecule has 0 bridgehead atoms. The summed E-state index contributed by atoms with van der Waals surface area (Å²) in [4.78, 5) is 12.4. The van der Waals surface area contributed by atoms with E-state index in [0.29, 0.717) is 5.92 Å². The fourth-order valence-electron chi connectivity index (χ4n) is 2.92. The van der Waals surface area contributed by atoms with Gasteiger partial charge in [0.25, 0.3) is 0 Å². The number of hydrogen-bond acceptors (Lipinski definition) is 2. The molecule has 1 aromatic carbocycles. The lowest BCUT2D eigenvalue weighted by Crippen LogP contribution is -2.29. The molecule has 0 saturated heterocycles. The van der Waals surface area contributed by atoms with Gasteiger partial charge in [-0.2, -0.15) is 5.10 Å². The van der Waals surface area contributed by atoms with Crippen LogP contribution in [0.1, 0.15) is 43.5 Å². The summed E-state index contributed by atoms with van der Waals surface area (Å²) in [7, 11) is 0. The first-order chi connectivity index (χ1) is 10.2. The van der Waals surface area contributed by atoms with Crippen molar-refractivity contribution in [1.82, 2.24) is 15.1 Å². The molecule has 1 aliphatic rings. The Hall–Kier alpha value is -2.10. The quantitative estimate of drug-likeness (QED) is 0.917. The molecule has 110 valence electrons. The largest absolute Gasteiger partial charge is 0.348 e. The first-order valence-electron chi connectivity index (χ1n) is 7.57. The van der Waals surface area contributed by atoms with E-state index in [-0.39, 0.29) is 17.9 Å². The van der Waals surface area contributed by atoms with Crippen molar-refractivity contribution in [2.75, 3.05) is 0 Å². The number of carbonyl (C=O) groups excluding carboxylic acids is 1. The average molecular weight is 283 g/mol. The molecule has 3 rings (SSSR count). The summed E-state index contributed by atoms with van der Waals surface area (Å²) >= 11 is 0. The van der Waals surface area contributed by atoms with E-state index in [1.54, 1.807) is 6.20 Å². The van der Waals surface area contributed by atoms with E-state index in [1.807, 2.05) is 35.9 Å². The number of carbonyl (C=O) groups is 1. The molecule has 3 atom stereocenters. The molecule has 4 nitrogen and oxygen atoms in total. The normalized spacial score (nSPS) is 21.8. The van der Waals surface area contributed by atoms with Gasteiger partial charge < -0.3 is 5.32 Å². The zero-order valence-electron chi connectivity index (χ0n) is 12.5. The Morgan fingerprint density at radius 2 is 2.14 bits per heavy atom. The summed E-state index contributed by atoms with van der Waals surface area (Å²) in [6.45, 7) is 4.89. The number of hydrogen-bond donors (Lipinski definition) is 1. The summed E-state index contributed by atoms with van der Waals surface area (Å²) in [6.07, 6.45) is 2.74. The van der Waals surface area contributed by atoms with Crippen molar-refractivity contribution in [3.63, 3.8) is 0 Å². The van der Waals surface area contributed by atoms with Crippen molar-refractivity contribution in [2.45, 2.75) is 38.8 Å². The van der Waals surface area contributed by atoms with Crippen LogP contribution in [0.15, 0.2) is 42.6 Å². The highest BCUT2D eigenvalue weighted by molar-refractivity contribution is 5.83. The summed E-state index contributed by atoms with van der Waals surface area (Å²) in [5.41, 5.74) is 2.33. The van der Waals surface area contributed by atoms with Crippen LogP contribution in [0.5, 0.6) is 0 Å². The number of aromatic nitrogens is 2. The lowest BCUT2D eigenvalue weighted by Gasteiger charge is -2.15. The maximum atomic E-state index is 12.4. The van der Waals surface area contributed by atoms with Gasteiger partial charge in [0.2, 0.25) is 5.91 Å². The second kappa shape index (κ2) is 5.72. The average Bonchev–Trinajstić information content (AvgIpc) is 3.17. The van der Waals surface area contributed by atoms with Crippen LogP contribution >= 0.6 is 0 Å². The molecule has 21 heavy (non-hydrogen) atoms. The number of nitrogens with zero attached hydrogens (tertiary/aromatic N) is 2. The van der Waals surface area contributed by atoms with Crippen molar-refractivity contribution < 1.29 is 4.79 Å². The van der Waals surface area contributed by atoms with Gasteiger partial charge in [0.1, 0.15) is 0 Å². The van der Waals surface area contributed by atoms with Crippen LogP contribution in [-0.2, 0) is 11.3 Å². The van der Waals surface area contributed by atoms with Gasteiger partial charge in [-0.3, -0.25) is 9.48 Å². The molecule has 0 radical (unpaired) electrons. The molecule has 1 heterocycles. The molecule has 1 N–H and O–H groups in total. The summed E-state index contributed by atoms with van der Waals surface area (Å²) < 4.78 is 1.92. The SMILES string of the molecule is CCn1nccc1C(C)NC(=O)C1CC1c1ccccc1. The number of rotatable bonds is 5. The third-order valence-corrected chi connectivity index (χ3v) is 4.21. The zero-order valence-corrected chi connectivity index (χ0v) is 12.5. The van der Waals surface area contributed by atoms with Crippen molar-refractivity contribution in [1.29, 1.82) is 0 Å². The second-order valence-corrected chi connectivity index (χ2v) is 5.66. The lowest BCUT2D eigenvalue weighted by atomic mass is 10.1. The Bertz CT molecular complexity index is 620. The van der Waals surface area contributed by atoms with Crippen molar-refractivity contribution in [3.05, 3.63) is 53.9 Å².